The lowest BCUT2D eigenvalue weighted by atomic mass is 9.94. The van der Waals surface area contributed by atoms with Crippen molar-refractivity contribution >= 4 is 27.8 Å². The summed E-state index contributed by atoms with van der Waals surface area (Å²) in [6.07, 6.45) is -0.313. The zero-order valence-corrected chi connectivity index (χ0v) is 20.8. The number of aryl methyl sites for hydroxylation is 1. The van der Waals surface area contributed by atoms with Crippen LogP contribution < -0.4 is 10.0 Å². The molecule has 0 bridgehead atoms. The summed E-state index contributed by atoms with van der Waals surface area (Å²) in [7, 11) is -3.90. The monoisotopic (exact) mass is 497 g/mol. The lowest BCUT2D eigenvalue weighted by Gasteiger charge is -2.34. The van der Waals surface area contributed by atoms with Crippen molar-refractivity contribution in [3.8, 4) is 0 Å². The van der Waals surface area contributed by atoms with E-state index < -0.39 is 46.0 Å². The van der Waals surface area contributed by atoms with Crippen LogP contribution in [-0.4, -0.2) is 72.6 Å². The number of likely N-dealkylation sites (tertiary alicyclic amines) is 1. The maximum atomic E-state index is 13.2. The summed E-state index contributed by atoms with van der Waals surface area (Å²) in [5.41, 5.74) is 0.920. The highest BCUT2D eigenvalue weighted by molar-refractivity contribution is 7.89. The van der Waals surface area contributed by atoms with Crippen LogP contribution in [0.25, 0.3) is 0 Å². The summed E-state index contributed by atoms with van der Waals surface area (Å²) in [6, 6.07) is 4.03. The lowest BCUT2D eigenvalue weighted by Crippen LogP contribution is -2.53. The molecule has 1 saturated heterocycles. The minimum Gasteiger partial charge on any atom is -0.480 e. The second kappa shape index (κ2) is 11.8. The zero-order chi connectivity index (χ0) is 25.6. The maximum Gasteiger partial charge on any atom is 0.328 e. The summed E-state index contributed by atoms with van der Waals surface area (Å²) in [6.45, 7) is 7.42. The first-order valence-electron chi connectivity index (χ1n) is 11.4. The molecule has 190 valence electrons. The normalized spacial score (nSPS) is 17.8. The third-order valence-corrected chi connectivity index (χ3v) is 7.35. The third kappa shape index (κ3) is 7.51. The van der Waals surface area contributed by atoms with Gasteiger partial charge in [0.2, 0.25) is 21.8 Å². The predicted octanol–water partition coefficient (Wildman–Crippen LogP) is 0.877. The van der Waals surface area contributed by atoms with Crippen molar-refractivity contribution in [2.24, 2.45) is 11.8 Å². The Bertz CT molecular complexity index is 969. The molecule has 0 aliphatic carbocycles. The van der Waals surface area contributed by atoms with Gasteiger partial charge in [0.05, 0.1) is 11.0 Å². The van der Waals surface area contributed by atoms with Crippen LogP contribution in [0.15, 0.2) is 29.2 Å². The van der Waals surface area contributed by atoms with Crippen molar-refractivity contribution < 1.29 is 33.0 Å². The first-order chi connectivity index (χ1) is 15.8. The van der Waals surface area contributed by atoms with Crippen molar-refractivity contribution in [2.45, 2.75) is 70.0 Å². The van der Waals surface area contributed by atoms with Crippen LogP contribution in [0.1, 0.15) is 45.6 Å². The summed E-state index contributed by atoms with van der Waals surface area (Å²) >= 11 is 0. The Kier molecular flexibility index (Phi) is 9.60. The largest absolute Gasteiger partial charge is 0.480 e. The molecule has 1 aromatic carbocycles. The van der Waals surface area contributed by atoms with Gasteiger partial charge in [0.25, 0.3) is 0 Å². The fraction of sp³-hybridized carbons (Fsp3) is 0.609. The molecule has 11 heteroatoms. The van der Waals surface area contributed by atoms with Gasteiger partial charge >= 0.3 is 5.97 Å². The number of aliphatic hydroxyl groups is 1. The molecule has 3 unspecified atom stereocenters. The van der Waals surface area contributed by atoms with Gasteiger partial charge in [-0.05, 0) is 51.2 Å². The van der Waals surface area contributed by atoms with E-state index in [1.54, 1.807) is 12.1 Å². The molecule has 0 radical (unpaired) electrons. The first-order valence-corrected chi connectivity index (χ1v) is 12.9. The molecule has 3 atom stereocenters. The van der Waals surface area contributed by atoms with E-state index in [0.717, 1.165) is 5.56 Å². The minimum absolute atomic E-state index is 0.0615. The van der Waals surface area contributed by atoms with Crippen molar-refractivity contribution in [3.63, 3.8) is 0 Å². The Morgan fingerprint density at radius 2 is 1.65 bits per heavy atom. The Labute approximate surface area is 200 Å². The highest BCUT2D eigenvalue weighted by atomic mass is 32.2. The van der Waals surface area contributed by atoms with Crippen LogP contribution in [-0.2, 0) is 24.4 Å². The van der Waals surface area contributed by atoms with Crippen LogP contribution in [0.5, 0.6) is 0 Å². The quantitative estimate of drug-likeness (QED) is 0.374. The number of hydrogen-bond acceptors (Lipinski definition) is 6. The average Bonchev–Trinajstić information content (AvgIpc) is 2.75. The van der Waals surface area contributed by atoms with Crippen molar-refractivity contribution in [1.82, 2.24) is 14.9 Å². The van der Waals surface area contributed by atoms with Gasteiger partial charge in [-0.3, -0.25) is 9.59 Å². The highest BCUT2D eigenvalue weighted by Gasteiger charge is 2.35. The molecule has 1 aromatic rings. The van der Waals surface area contributed by atoms with E-state index in [4.69, 9.17) is 5.11 Å². The van der Waals surface area contributed by atoms with Crippen molar-refractivity contribution in [1.29, 1.82) is 0 Å². The number of rotatable bonds is 10. The fourth-order valence-electron chi connectivity index (χ4n) is 3.89. The number of carboxylic acids is 1. The highest BCUT2D eigenvalue weighted by Crippen LogP contribution is 2.21. The van der Waals surface area contributed by atoms with E-state index in [9.17, 15) is 27.9 Å². The van der Waals surface area contributed by atoms with E-state index in [1.165, 1.54) is 24.0 Å². The second-order valence-corrected chi connectivity index (χ2v) is 11.0. The number of carbonyl (C=O) groups excluding carboxylic acids is 2. The number of sulfonamides is 1. The number of piperidine rings is 1. The first kappa shape index (κ1) is 27.7. The molecule has 34 heavy (non-hydrogen) atoms. The Morgan fingerprint density at radius 1 is 1.09 bits per heavy atom. The summed E-state index contributed by atoms with van der Waals surface area (Å²) in [5, 5.41) is 21.1. The number of nitrogens with one attached hydrogen (secondary N) is 2. The topological polar surface area (TPSA) is 153 Å². The average molecular weight is 498 g/mol. The lowest BCUT2D eigenvalue weighted by molar-refractivity contribution is -0.146. The van der Waals surface area contributed by atoms with Gasteiger partial charge in [-0.15, -0.1) is 0 Å². The van der Waals surface area contributed by atoms with Gasteiger partial charge in [-0.25, -0.2) is 13.2 Å². The van der Waals surface area contributed by atoms with Crippen LogP contribution in [0.2, 0.25) is 0 Å². The molecule has 1 aliphatic rings. The number of aliphatic hydroxyl groups excluding tert-OH is 1. The number of carboxylic acid groups (broad SMARTS) is 1. The molecule has 0 spiro atoms. The molecule has 0 saturated carbocycles. The minimum atomic E-state index is -3.90. The second-order valence-electron chi connectivity index (χ2n) is 9.28. The number of aliphatic carboxylic acids is 1. The molecular weight excluding hydrogens is 462 g/mol. The molecular formula is C23H35N3O7S. The van der Waals surface area contributed by atoms with Gasteiger partial charge < -0.3 is 20.4 Å². The third-order valence-electron chi connectivity index (χ3n) is 5.86. The van der Waals surface area contributed by atoms with Crippen LogP contribution in [0.3, 0.4) is 0 Å². The van der Waals surface area contributed by atoms with Gasteiger partial charge in [-0.1, -0.05) is 31.5 Å². The summed E-state index contributed by atoms with van der Waals surface area (Å²) in [4.78, 5) is 38.5. The Balaban J connectivity index is 2.05. The number of nitrogens with zero attached hydrogens (tertiary/aromatic N) is 1. The van der Waals surface area contributed by atoms with Gasteiger partial charge in [0, 0.05) is 19.0 Å². The number of amides is 2. The van der Waals surface area contributed by atoms with Crippen molar-refractivity contribution in [2.75, 3.05) is 13.1 Å². The maximum absolute atomic E-state index is 13.2. The van der Waals surface area contributed by atoms with E-state index in [2.05, 4.69) is 10.0 Å². The molecule has 0 aromatic heterocycles. The number of benzene rings is 1. The van der Waals surface area contributed by atoms with Gasteiger partial charge in [-0.2, -0.15) is 4.72 Å². The Hall–Kier alpha value is -2.50. The van der Waals surface area contributed by atoms with Crippen LogP contribution in [0.4, 0.5) is 0 Å². The summed E-state index contributed by atoms with van der Waals surface area (Å²) in [5.74, 6) is -2.60. The van der Waals surface area contributed by atoms with E-state index in [-0.39, 0.29) is 29.8 Å². The van der Waals surface area contributed by atoms with E-state index in [0.29, 0.717) is 19.3 Å². The number of hydrogen-bond donors (Lipinski definition) is 4. The van der Waals surface area contributed by atoms with E-state index >= 15 is 0 Å². The molecule has 1 fully saturated rings. The molecule has 4 N–H and O–H groups in total. The standard InChI is InChI=1S/C23H35N3O7S/c1-14(2)13-19(25-34(32,33)18-7-5-15(3)6-8-18)22(29)26-11-9-17(10-12-26)21(28)24-20(16(4)27)23(30)31/h5-8,14,16-17,19-20,25,27H,9-13H2,1-4H3,(H,24,28)(H,30,31). The Morgan fingerprint density at radius 3 is 2.12 bits per heavy atom. The van der Waals surface area contributed by atoms with Gasteiger partial charge in [0.15, 0.2) is 6.04 Å². The van der Waals surface area contributed by atoms with Gasteiger partial charge in [0.1, 0.15) is 6.04 Å². The molecule has 10 nitrogen and oxygen atoms in total. The summed E-state index contributed by atoms with van der Waals surface area (Å²) < 4.78 is 28.3. The number of carbonyl (C=O) groups is 3. The fourth-order valence-corrected chi connectivity index (χ4v) is 5.09. The van der Waals surface area contributed by atoms with Crippen LogP contribution >= 0.6 is 0 Å². The van der Waals surface area contributed by atoms with Crippen molar-refractivity contribution in [3.05, 3.63) is 29.8 Å². The molecule has 2 amide bonds. The zero-order valence-electron chi connectivity index (χ0n) is 20.0. The molecule has 1 heterocycles. The van der Waals surface area contributed by atoms with E-state index in [1.807, 2.05) is 20.8 Å². The molecule has 2 rings (SSSR count). The smallest absolute Gasteiger partial charge is 0.328 e. The molecule has 1 aliphatic heterocycles. The SMILES string of the molecule is Cc1ccc(S(=O)(=O)NC(CC(C)C)C(=O)N2CCC(C(=O)NC(C(=O)O)C(C)O)CC2)cc1. The predicted molar refractivity (Wildman–Crippen MR) is 125 cm³/mol. The van der Waals surface area contributed by atoms with Crippen LogP contribution in [0, 0.1) is 18.8 Å².